The Bertz CT molecular complexity index is 807. The van der Waals surface area contributed by atoms with Crippen molar-refractivity contribution in [1.29, 1.82) is 0 Å². The fourth-order valence-electron chi connectivity index (χ4n) is 3.66. The first-order chi connectivity index (χ1) is 13.6. The van der Waals surface area contributed by atoms with E-state index in [1.54, 1.807) is 12.1 Å². The predicted molar refractivity (Wildman–Crippen MR) is 115 cm³/mol. The van der Waals surface area contributed by atoms with Crippen molar-refractivity contribution in [3.8, 4) is 0 Å². The third kappa shape index (κ3) is 5.23. The minimum atomic E-state index is -0.186. The molecule has 0 saturated carbocycles. The van der Waals surface area contributed by atoms with E-state index < -0.39 is 0 Å². The van der Waals surface area contributed by atoms with Gasteiger partial charge in [0.1, 0.15) is 5.82 Å². The van der Waals surface area contributed by atoms with Gasteiger partial charge in [-0.2, -0.15) is 0 Å². The minimum absolute atomic E-state index is 0.186. The molecule has 1 heterocycles. The van der Waals surface area contributed by atoms with Gasteiger partial charge in [0.05, 0.1) is 5.82 Å². The fraction of sp³-hybridized carbons (Fsp3) is 0.333. The molecule has 3 nitrogen and oxygen atoms in total. The summed E-state index contributed by atoms with van der Waals surface area (Å²) < 4.78 is 13.5. The molecular weight excluding hydrogens is 349 g/mol. The Kier molecular flexibility index (Phi) is 6.88. The van der Waals surface area contributed by atoms with Crippen LogP contribution in [0.25, 0.3) is 6.08 Å². The third-order valence-electron chi connectivity index (χ3n) is 5.45. The average molecular weight is 380 g/mol. The Morgan fingerprint density at radius 3 is 2.57 bits per heavy atom. The number of nitrogens with zero attached hydrogens (tertiary/aromatic N) is 1. The Labute approximate surface area is 168 Å². The maximum Gasteiger partial charge on any atom is 0.123 e. The maximum atomic E-state index is 13.5. The van der Waals surface area contributed by atoms with Crippen LogP contribution >= 0.6 is 0 Å². The zero-order valence-corrected chi connectivity index (χ0v) is 16.7. The Morgan fingerprint density at radius 1 is 1.21 bits per heavy atom. The number of benzene rings is 2. The zero-order chi connectivity index (χ0) is 19.9. The van der Waals surface area contributed by atoms with Crippen molar-refractivity contribution in [3.05, 3.63) is 89.5 Å². The van der Waals surface area contributed by atoms with Crippen LogP contribution in [-0.4, -0.2) is 24.0 Å². The summed E-state index contributed by atoms with van der Waals surface area (Å²) in [4.78, 5) is 2.35. The summed E-state index contributed by atoms with van der Waals surface area (Å²) in [5.41, 5.74) is 4.44. The first kappa shape index (κ1) is 20.2. The van der Waals surface area contributed by atoms with Crippen LogP contribution in [0.15, 0.2) is 61.4 Å². The molecule has 1 fully saturated rings. The van der Waals surface area contributed by atoms with Crippen molar-refractivity contribution in [2.24, 2.45) is 0 Å². The molecule has 0 atom stereocenters. The van der Waals surface area contributed by atoms with Crippen LogP contribution in [-0.2, 0) is 13.1 Å². The van der Waals surface area contributed by atoms with Gasteiger partial charge in [-0.1, -0.05) is 49.6 Å². The Balaban J connectivity index is 1.71. The highest BCUT2D eigenvalue weighted by molar-refractivity contribution is 5.47. The van der Waals surface area contributed by atoms with Gasteiger partial charge in [0, 0.05) is 19.1 Å². The number of hydrogen-bond donors (Lipinski definition) is 2. The fourth-order valence-corrected chi connectivity index (χ4v) is 3.66. The van der Waals surface area contributed by atoms with Gasteiger partial charge in [-0.25, -0.2) is 4.39 Å². The number of nitrogens with one attached hydrogen (secondary N) is 2. The maximum absolute atomic E-state index is 13.5. The predicted octanol–water partition coefficient (Wildman–Crippen LogP) is 4.59. The van der Waals surface area contributed by atoms with E-state index >= 15 is 0 Å². The third-order valence-corrected chi connectivity index (χ3v) is 5.45. The van der Waals surface area contributed by atoms with Gasteiger partial charge < -0.3 is 15.5 Å². The molecule has 0 aliphatic carbocycles. The van der Waals surface area contributed by atoms with Gasteiger partial charge in [-0.3, -0.25) is 0 Å². The lowest BCUT2D eigenvalue weighted by Crippen LogP contribution is -2.44. The van der Waals surface area contributed by atoms with Gasteiger partial charge in [-0.15, -0.1) is 0 Å². The molecule has 0 aromatic heterocycles. The monoisotopic (exact) mass is 379 g/mol. The quantitative estimate of drug-likeness (QED) is 0.702. The normalized spacial score (nSPS) is 14.5. The Morgan fingerprint density at radius 2 is 1.93 bits per heavy atom. The SMILES string of the molecule is C=Cc1ccc(CNC(=C)N(Cc2ccc(F)cc2C)C2CCNCC2)cc1. The van der Waals surface area contributed by atoms with E-state index in [0.717, 1.165) is 61.5 Å². The summed E-state index contributed by atoms with van der Waals surface area (Å²) in [7, 11) is 0. The number of aryl methyl sites for hydroxylation is 1. The molecule has 4 heteroatoms. The van der Waals surface area contributed by atoms with E-state index in [1.807, 2.05) is 19.1 Å². The molecule has 2 aromatic rings. The zero-order valence-electron chi connectivity index (χ0n) is 16.7. The second kappa shape index (κ2) is 9.56. The first-order valence-corrected chi connectivity index (χ1v) is 9.93. The topological polar surface area (TPSA) is 27.3 Å². The molecule has 0 bridgehead atoms. The molecule has 0 spiro atoms. The summed E-state index contributed by atoms with van der Waals surface area (Å²) in [6, 6.07) is 13.8. The largest absolute Gasteiger partial charge is 0.368 e. The van der Waals surface area contributed by atoms with Crippen LogP contribution in [0.3, 0.4) is 0 Å². The molecule has 0 amide bonds. The molecule has 2 aromatic carbocycles. The van der Waals surface area contributed by atoms with Crippen molar-refractivity contribution in [1.82, 2.24) is 15.5 Å². The molecule has 2 N–H and O–H groups in total. The second-order valence-corrected chi connectivity index (χ2v) is 7.43. The molecule has 1 saturated heterocycles. The van der Waals surface area contributed by atoms with Crippen molar-refractivity contribution in [3.63, 3.8) is 0 Å². The molecule has 0 radical (unpaired) electrons. The molecule has 28 heavy (non-hydrogen) atoms. The summed E-state index contributed by atoms with van der Waals surface area (Å²) >= 11 is 0. The highest BCUT2D eigenvalue weighted by atomic mass is 19.1. The van der Waals surface area contributed by atoms with Gasteiger partial charge in [0.2, 0.25) is 0 Å². The van der Waals surface area contributed by atoms with Crippen LogP contribution in [0.1, 0.15) is 35.1 Å². The van der Waals surface area contributed by atoms with E-state index in [1.165, 1.54) is 5.56 Å². The Hall–Kier alpha value is -2.59. The lowest BCUT2D eigenvalue weighted by Gasteiger charge is -2.38. The smallest absolute Gasteiger partial charge is 0.123 e. The molecule has 1 aliphatic rings. The van der Waals surface area contributed by atoms with Gasteiger partial charge in [0.25, 0.3) is 0 Å². The number of piperidine rings is 1. The van der Waals surface area contributed by atoms with Gasteiger partial charge in [-0.05, 0) is 67.2 Å². The van der Waals surface area contributed by atoms with E-state index in [2.05, 4.69) is 53.0 Å². The number of rotatable bonds is 8. The van der Waals surface area contributed by atoms with E-state index in [9.17, 15) is 4.39 Å². The van der Waals surface area contributed by atoms with Gasteiger partial charge >= 0.3 is 0 Å². The molecule has 1 aliphatic heterocycles. The van der Waals surface area contributed by atoms with E-state index in [0.29, 0.717) is 6.04 Å². The van der Waals surface area contributed by atoms with Crippen LogP contribution in [0.4, 0.5) is 4.39 Å². The highest BCUT2D eigenvalue weighted by Crippen LogP contribution is 2.21. The molecule has 3 rings (SSSR count). The summed E-state index contributed by atoms with van der Waals surface area (Å²) in [6.07, 6.45) is 4.00. The van der Waals surface area contributed by atoms with Crippen molar-refractivity contribution < 1.29 is 4.39 Å². The number of halogens is 1. The van der Waals surface area contributed by atoms with Crippen LogP contribution in [0.2, 0.25) is 0 Å². The molecular formula is C24H30FN3. The second-order valence-electron chi connectivity index (χ2n) is 7.43. The van der Waals surface area contributed by atoms with Crippen LogP contribution < -0.4 is 10.6 Å². The number of hydrogen-bond acceptors (Lipinski definition) is 3. The van der Waals surface area contributed by atoms with Crippen LogP contribution in [0.5, 0.6) is 0 Å². The van der Waals surface area contributed by atoms with Crippen LogP contribution in [0, 0.1) is 12.7 Å². The highest BCUT2D eigenvalue weighted by Gasteiger charge is 2.23. The van der Waals surface area contributed by atoms with Crippen molar-refractivity contribution in [2.75, 3.05) is 13.1 Å². The van der Waals surface area contributed by atoms with E-state index in [-0.39, 0.29) is 5.82 Å². The molecule has 0 unspecified atom stereocenters. The average Bonchev–Trinajstić information content (AvgIpc) is 2.72. The summed E-state index contributed by atoms with van der Waals surface area (Å²) in [5, 5.41) is 6.92. The standard InChI is InChI=1S/C24H30FN3/c1-4-20-5-7-21(8-6-20)16-27-19(3)28(24-11-13-26-14-12-24)17-22-9-10-23(25)15-18(22)2/h4-10,15,24,26-27H,1,3,11-14,16-17H2,2H3. The lowest BCUT2D eigenvalue weighted by molar-refractivity contribution is 0.187. The van der Waals surface area contributed by atoms with E-state index in [4.69, 9.17) is 0 Å². The summed E-state index contributed by atoms with van der Waals surface area (Å²) in [5.74, 6) is 0.734. The van der Waals surface area contributed by atoms with Gasteiger partial charge in [0.15, 0.2) is 0 Å². The lowest BCUT2D eigenvalue weighted by atomic mass is 10.0. The van der Waals surface area contributed by atoms with Crippen molar-refractivity contribution >= 4 is 6.08 Å². The van der Waals surface area contributed by atoms with Crippen molar-refractivity contribution in [2.45, 2.75) is 38.9 Å². The minimum Gasteiger partial charge on any atom is -0.368 e. The first-order valence-electron chi connectivity index (χ1n) is 9.93. The molecule has 148 valence electrons. The summed E-state index contributed by atoms with van der Waals surface area (Å²) in [6.45, 7) is 13.6.